The van der Waals surface area contributed by atoms with E-state index >= 15 is 0 Å². The van der Waals surface area contributed by atoms with Gasteiger partial charge >= 0.3 is 0 Å². The summed E-state index contributed by atoms with van der Waals surface area (Å²) in [5.74, 6) is 0.974. The molecule has 3 atom stereocenters. The highest BCUT2D eigenvalue weighted by molar-refractivity contribution is 6.30. The zero-order valence-electron chi connectivity index (χ0n) is 10.7. The van der Waals surface area contributed by atoms with Gasteiger partial charge in [0, 0.05) is 30.2 Å². The molecule has 0 radical (unpaired) electrons. The summed E-state index contributed by atoms with van der Waals surface area (Å²) in [5, 5.41) is 0.780. The summed E-state index contributed by atoms with van der Waals surface area (Å²) in [7, 11) is 0. The number of hydrogen-bond acceptors (Lipinski definition) is 2. The smallest absolute Gasteiger partial charge is 0.0406 e. The van der Waals surface area contributed by atoms with Crippen molar-refractivity contribution in [2.24, 2.45) is 11.7 Å². The minimum atomic E-state index is 0.140. The van der Waals surface area contributed by atoms with Crippen LogP contribution in [0.15, 0.2) is 24.3 Å². The van der Waals surface area contributed by atoms with Crippen molar-refractivity contribution >= 4 is 11.6 Å². The lowest BCUT2D eigenvalue weighted by Crippen LogP contribution is -2.34. The highest BCUT2D eigenvalue weighted by Crippen LogP contribution is 2.37. The molecular formula is C15H21ClN2. The van der Waals surface area contributed by atoms with Crippen molar-refractivity contribution in [2.75, 3.05) is 13.1 Å². The van der Waals surface area contributed by atoms with E-state index in [9.17, 15) is 0 Å². The Bertz CT molecular complexity index is 403. The number of fused-ring (bicyclic) bond motifs is 2. The Hall–Kier alpha value is -0.570. The standard InChI is InChI=1S/C15H21ClN2/c16-13-4-2-12(3-5-13)15(17)7-8-18-10-11-1-6-14(18)9-11/h2-5,11,14-15H,1,6-10,17H2. The fourth-order valence-electron chi connectivity index (χ4n) is 3.48. The molecule has 1 aromatic rings. The number of benzene rings is 1. The van der Waals surface area contributed by atoms with Crippen LogP contribution in [0, 0.1) is 5.92 Å². The van der Waals surface area contributed by atoms with Crippen LogP contribution in [0.4, 0.5) is 0 Å². The van der Waals surface area contributed by atoms with Gasteiger partial charge in [0.15, 0.2) is 0 Å². The molecule has 1 aromatic carbocycles. The van der Waals surface area contributed by atoms with Crippen molar-refractivity contribution < 1.29 is 0 Å². The fourth-order valence-corrected chi connectivity index (χ4v) is 3.61. The summed E-state index contributed by atoms with van der Waals surface area (Å²) in [6.45, 7) is 2.45. The molecule has 2 nitrogen and oxygen atoms in total. The summed E-state index contributed by atoms with van der Waals surface area (Å²) >= 11 is 5.89. The minimum absolute atomic E-state index is 0.140. The van der Waals surface area contributed by atoms with Crippen molar-refractivity contribution in [3.63, 3.8) is 0 Å². The van der Waals surface area contributed by atoms with E-state index in [1.165, 1.54) is 31.4 Å². The Labute approximate surface area is 114 Å². The normalized spacial score (nSPS) is 28.8. The van der Waals surface area contributed by atoms with Gasteiger partial charge in [0.2, 0.25) is 0 Å². The summed E-state index contributed by atoms with van der Waals surface area (Å²) in [4.78, 5) is 2.64. The van der Waals surface area contributed by atoms with Crippen molar-refractivity contribution in [2.45, 2.75) is 37.8 Å². The molecule has 2 fully saturated rings. The van der Waals surface area contributed by atoms with Crippen molar-refractivity contribution in [1.29, 1.82) is 0 Å². The zero-order valence-corrected chi connectivity index (χ0v) is 11.4. The fraction of sp³-hybridized carbons (Fsp3) is 0.600. The number of nitrogens with two attached hydrogens (primary N) is 1. The Morgan fingerprint density at radius 2 is 2.06 bits per heavy atom. The lowest BCUT2D eigenvalue weighted by molar-refractivity contribution is 0.206. The van der Waals surface area contributed by atoms with Gasteiger partial charge in [0.05, 0.1) is 0 Å². The molecule has 2 N–H and O–H groups in total. The van der Waals surface area contributed by atoms with Crippen LogP contribution in [0.2, 0.25) is 5.02 Å². The average molecular weight is 265 g/mol. The lowest BCUT2D eigenvalue weighted by Gasteiger charge is -2.27. The highest BCUT2D eigenvalue weighted by Gasteiger charge is 2.37. The molecule has 1 aliphatic heterocycles. The first kappa shape index (κ1) is 12.5. The molecule has 3 heteroatoms. The van der Waals surface area contributed by atoms with E-state index in [1.807, 2.05) is 24.3 Å². The van der Waals surface area contributed by atoms with Gasteiger partial charge in [-0.05, 0) is 49.3 Å². The van der Waals surface area contributed by atoms with Crippen LogP contribution >= 0.6 is 11.6 Å². The van der Waals surface area contributed by atoms with Gasteiger partial charge in [0.1, 0.15) is 0 Å². The lowest BCUT2D eigenvalue weighted by atomic mass is 10.0. The second-order valence-electron chi connectivity index (χ2n) is 5.77. The van der Waals surface area contributed by atoms with Crippen LogP contribution in [0.5, 0.6) is 0 Å². The van der Waals surface area contributed by atoms with Gasteiger partial charge in [-0.25, -0.2) is 0 Å². The van der Waals surface area contributed by atoms with E-state index in [2.05, 4.69) is 4.90 Å². The monoisotopic (exact) mass is 264 g/mol. The van der Waals surface area contributed by atoms with Crippen LogP contribution in [0.1, 0.15) is 37.3 Å². The predicted molar refractivity (Wildman–Crippen MR) is 75.7 cm³/mol. The third-order valence-electron chi connectivity index (χ3n) is 4.55. The van der Waals surface area contributed by atoms with Gasteiger partial charge in [-0.1, -0.05) is 23.7 Å². The number of likely N-dealkylation sites (tertiary alicyclic amines) is 1. The molecule has 0 spiro atoms. The Morgan fingerprint density at radius 1 is 1.28 bits per heavy atom. The second kappa shape index (κ2) is 5.20. The van der Waals surface area contributed by atoms with E-state index in [0.29, 0.717) is 0 Å². The third-order valence-corrected chi connectivity index (χ3v) is 4.80. The summed E-state index contributed by atoms with van der Waals surface area (Å²) in [6.07, 6.45) is 5.33. The minimum Gasteiger partial charge on any atom is -0.324 e. The van der Waals surface area contributed by atoms with E-state index in [4.69, 9.17) is 17.3 Å². The molecule has 0 amide bonds. The van der Waals surface area contributed by atoms with Crippen LogP contribution in [-0.4, -0.2) is 24.0 Å². The molecule has 2 bridgehead atoms. The molecule has 0 aromatic heterocycles. The van der Waals surface area contributed by atoms with Crippen LogP contribution < -0.4 is 5.73 Å². The Morgan fingerprint density at radius 3 is 2.67 bits per heavy atom. The molecule has 1 saturated heterocycles. The predicted octanol–water partition coefficient (Wildman–Crippen LogP) is 3.21. The number of nitrogens with zero attached hydrogens (tertiary/aromatic N) is 1. The highest BCUT2D eigenvalue weighted by atomic mass is 35.5. The second-order valence-corrected chi connectivity index (χ2v) is 6.21. The molecule has 2 aliphatic rings. The SMILES string of the molecule is NC(CCN1CC2CCC1C2)c1ccc(Cl)cc1. The maximum absolute atomic E-state index is 6.25. The Kier molecular flexibility index (Phi) is 3.60. The van der Waals surface area contributed by atoms with E-state index in [-0.39, 0.29) is 6.04 Å². The zero-order chi connectivity index (χ0) is 12.5. The molecule has 1 saturated carbocycles. The van der Waals surface area contributed by atoms with Crippen LogP contribution in [-0.2, 0) is 0 Å². The molecule has 1 heterocycles. The maximum atomic E-state index is 6.25. The number of rotatable bonds is 4. The molecule has 3 rings (SSSR count). The number of piperidine rings is 1. The van der Waals surface area contributed by atoms with Gasteiger partial charge in [-0.2, -0.15) is 0 Å². The quantitative estimate of drug-likeness (QED) is 0.905. The molecule has 98 valence electrons. The molecular weight excluding hydrogens is 244 g/mol. The topological polar surface area (TPSA) is 29.3 Å². The maximum Gasteiger partial charge on any atom is 0.0406 e. The van der Waals surface area contributed by atoms with E-state index in [1.54, 1.807) is 0 Å². The third kappa shape index (κ3) is 2.56. The molecule has 3 unspecified atom stereocenters. The van der Waals surface area contributed by atoms with E-state index < -0.39 is 0 Å². The number of hydrogen-bond donors (Lipinski definition) is 1. The summed E-state index contributed by atoms with van der Waals surface area (Å²) < 4.78 is 0. The van der Waals surface area contributed by atoms with Gasteiger partial charge < -0.3 is 10.6 Å². The Balaban J connectivity index is 1.52. The molecule has 1 aliphatic carbocycles. The number of halogens is 1. The van der Waals surface area contributed by atoms with Crippen LogP contribution in [0.25, 0.3) is 0 Å². The first-order valence-electron chi connectivity index (χ1n) is 6.97. The van der Waals surface area contributed by atoms with Crippen LogP contribution in [0.3, 0.4) is 0 Å². The van der Waals surface area contributed by atoms with Gasteiger partial charge in [0.25, 0.3) is 0 Å². The largest absolute Gasteiger partial charge is 0.324 e. The molecule has 18 heavy (non-hydrogen) atoms. The van der Waals surface area contributed by atoms with Crippen molar-refractivity contribution in [1.82, 2.24) is 4.90 Å². The average Bonchev–Trinajstić information content (AvgIpc) is 2.99. The van der Waals surface area contributed by atoms with Gasteiger partial charge in [-0.3, -0.25) is 0 Å². The van der Waals surface area contributed by atoms with Crippen molar-refractivity contribution in [3.05, 3.63) is 34.9 Å². The van der Waals surface area contributed by atoms with Crippen molar-refractivity contribution in [3.8, 4) is 0 Å². The first-order valence-corrected chi connectivity index (χ1v) is 7.35. The van der Waals surface area contributed by atoms with E-state index in [0.717, 1.165) is 29.9 Å². The first-order chi connectivity index (χ1) is 8.72. The summed E-state index contributed by atoms with van der Waals surface area (Å²) in [5.41, 5.74) is 7.45. The summed E-state index contributed by atoms with van der Waals surface area (Å²) in [6, 6.07) is 8.93. The van der Waals surface area contributed by atoms with Gasteiger partial charge in [-0.15, -0.1) is 0 Å².